The molecule has 2 N–H and O–H groups in total. The lowest BCUT2D eigenvalue weighted by atomic mass is 10.1. The van der Waals surface area contributed by atoms with Gasteiger partial charge < -0.3 is 0 Å². The number of amides is 2. The van der Waals surface area contributed by atoms with E-state index in [0.29, 0.717) is 11.1 Å². The zero-order valence-electron chi connectivity index (χ0n) is 14.8. The molecular weight excluding hydrogens is 304 g/mol. The van der Waals surface area contributed by atoms with Crippen molar-refractivity contribution in [3.05, 3.63) is 35.4 Å². The molecule has 0 aliphatic heterocycles. The minimum atomic E-state index is -0.297. The summed E-state index contributed by atoms with van der Waals surface area (Å²) >= 11 is 0. The van der Waals surface area contributed by atoms with E-state index in [2.05, 4.69) is 34.9 Å². The molecule has 0 unspecified atom stereocenters. The number of hydrazone groups is 2. The molecule has 0 saturated carbocycles. The summed E-state index contributed by atoms with van der Waals surface area (Å²) in [5.41, 5.74) is 7.68. The highest BCUT2D eigenvalue weighted by Gasteiger charge is 2.08. The summed E-state index contributed by atoms with van der Waals surface area (Å²) in [7, 11) is 0. The van der Waals surface area contributed by atoms with Gasteiger partial charge in [-0.25, -0.2) is 10.9 Å². The van der Waals surface area contributed by atoms with Crippen LogP contribution >= 0.6 is 0 Å². The molecule has 6 heteroatoms. The maximum Gasteiger partial charge on any atom is 0.271 e. The number of hydrogen-bond acceptors (Lipinski definition) is 4. The molecule has 0 fully saturated rings. The minimum Gasteiger partial charge on any atom is -0.267 e. The molecule has 0 radical (unpaired) electrons. The van der Waals surface area contributed by atoms with E-state index >= 15 is 0 Å². The average Bonchev–Trinajstić information content (AvgIpc) is 2.58. The third-order valence-electron chi connectivity index (χ3n) is 3.33. The van der Waals surface area contributed by atoms with Gasteiger partial charge in [0.05, 0.1) is 0 Å². The first-order valence-corrected chi connectivity index (χ1v) is 8.25. The Balaban J connectivity index is 2.65. The molecule has 1 aromatic rings. The van der Waals surface area contributed by atoms with Crippen LogP contribution in [0.5, 0.6) is 0 Å². The van der Waals surface area contributed by atoms with Crippen LogP contribution in [0.1, 0.15) is 74.1 Å². The monoisotopic (exact) mass is 330 g/mol. The summed E-state index contributed by atoms with van der Waals surface area (Å²) in [4.78, 5) is 24.0. The van der Waals surface area contributed by atoms with Gasteiger partial charge in [0, 0.05) is 22.6 Å². The molecule has 0 aliphatic rings. The standard InChI is InChI=1S/C18H26N4O2/c1-5-7-13(3)19-21-17(23)15-9-11-16(12-10-15)18(24)22-20-14(4)8-6-2/h9-12H,5-8H2,1-4H3,(H,21,23)(H,22,24). The normalized spacial score (nSPS) is 12.0. The van der Waals surface area contributed by atoms with Gasteiger partial charge in [-0.15, -0.1) is 0 Å². The molecule has 0 spiro atoms. The number of carbonyl (C=O) groups is 2. The van der Waals surface area contributed by atoms with Gasteiger partial charge in [0.2, 0.25) is 0 Å². The molecule has 24 heavy (non-hydrogen) atoms. The number of rotatable bonds is 8. The number of carbonyl (C=O) groups excluding carboxylic acids is 2. The van der Waals surface area contributed by atoms with E-state index in [1.165, 1.54) is 0 Å². The Labute approximate surface area is 143 Å². The lowest BCUT2D eigenvalue weighted by molar-refractivity contribution is 0.0943. The Morgan fingerprint density at radius 2 is 1.12 bits per heavy atom. The van der Waals surface area contributed by atoms with Gasteiger partial charge in [-0.1, -0.05) is 26.7 Å². The lowest BCUT2D eigenvalue weighted by Gasteiger charge is -2.04. The molecule has 0 bridgehead atoms. The number of nitrogens with zero attached hydrogens (tertiary/aromatic N) is 2. The second kappa shape index (κ2) is 10.3. The summed E-state index contributed by atoms with van der Waals surface area (Å²) in [6, 6.07) is 6.38. The van der Waals surface area contributed by atoms with E-state index in [4.69, 9.17) is 0 Å². The van der Waals surface area contributed by atoms with E-state index in [1.807, 2.05) is 13.8 Å². The topological polar surface area (TPSA) is 82.9 Å². The third kappa shape index (κ3) is 6.73. The molecule has 1 rings (SSSR count). The predicted octanol–water partition coefficient (Wildman–Crippen LogP) is 3.50. The Morgan fingerprint density at radius 3 is 1.42 bits per heavy atom. The summed E-state index contributed by atoms with van der Waals surface area (Å²) in [6.45, 7) is 7.85. The Kier molecular flexibility index (Phi) is 8.39. The van der Waals surface area contributed by atoms with E-state index < -0.39 is 0 Å². The number of benzene rings is 1. The van der Waals surface area contributed by atoms with Crippen molar-refractivity contribution >= 4 is 23.2 Å². The highest BCUT2D eigenvalue weighted by Crippen LogP contribution is 2.05. The van der Waals surface area contributed by atoms with Gasteiger partial charge in [0.15, 0.2) is 0 Å². The van der Waals surface area contributed by atoms with Crippen molar-refractivity contribution in [3.63, 3.8) is 0 Å². The minimum absolute atomic E-state index is 0.297. The molecule has 0 aromatic heterocycles. The van der Waals surface area contributed by atoms with Crippen LogP contribution in [0.3, 0.4) is 0 Å². The molecule has 0 heterocycles. The van der Waals surface area contributed by atoms with Crippen molar-refractivity contribution in [1.82, 2.24) is 10.9 Å². The average molecular weight is 330 g/mol. The zero-order chi connectivity index (χ0) is 17.9. The second-order valence-corrected chi connectivity index (χ2v) is 5.65. The fourth-order valence-electron chi connectivity index (χ4n) is 2.03. The first-order chi connectivity index (χ1) is 11.5. The van der Waals surface area contributed by atoms with Crippen LogP contribution in [-0.4, -0.2) is 23.2 Å². The zero-order valence-corrected chi connectivity index (χ0v) is 14.8. The van der Waals surface area contributed by atoms with Gasteiger partial charge >= 0.3 is 0 Å². The largest absolute Gasteiger partial charge is 0.271 e. The SMILES string of the molecule is CCCC(C)=NNC(=O)c1ccc(C(=O)NN=C(C)CCC)cc1. The fourth-order valence-corrected chi connectivity index (χ4v) is 2.03. The lowest BCUT2D eigenvalue weighted by Crippen LogP contribution is -2.21. The molecule has 130 valence electrons. The van der Waals surface area contributed by atoms with E-state index in [1.54, 1.807) is 24.3 Å². The summed E-state index contributed by atoms with van der Waals surface area (Å²) < 4.78 is 0. The summed E-state index contributed by atoms with van der Waals surface area (Å²) in [6.07, 6.45) is 3.65. The Bertz CT molecular complexity index is 563. The molecule has 0 aliphatic carbocycles. The van der Waals surface area contributed by atoms with Crippen molar-refractivity contribution in [1.29, 1.82) is 0 Å². The highest BCUT2D eigenvalue weighted by molar-refractivity contribution is 5.98. The van der Waals surface area contributed by atoms with Crippen molar-refractivity contribution in [3.8, 4) is 0 Å². The molecule has 0 atom stereocenters. The van der Waals surface area contributed by atoms with Crippen molar-refractivity contribution in [2.45, 2.75) is 53.4 Å². The Morgan fingerprint density at radius 1 is 0.792 bits per heavy atom. The van der Waals surface area contributed by atoms with Gasteiger partial charge in [-0.2, -0.15) is 10.2 Å². The van der Waals surface area contributed by atoms with Crippen LogP contribution < -0.4 is 10.9 Å². The first kappa shape index (κ1) is 19.5. The quantitative estimate of drug-likeness (QED) is 0.565. The van der Waals surface area contributed by atoms with Crippen molar-refractivity contribution < 1.29 is 9.59 Å². The molecule has 1 aromatic carbocycles. The Hall–Kier alpha value is -2.50. The predicted molar refractivity (Wildman–Crippen MR) is 97.4 cm³/mol. The summed E-state index contributed by atoms with van der Waals surface area (Å²) in [5, 5.41) is 8.07. The molecule has 6 nitrogen and oxygen atoms in total. The van der Waals surface area contributed by atoms with Crippen LogP contribution in [0.25, 0.3) is 0 Å². The van der Waals surface area contributed by atoms with Gasteiger partial charge in [0.1, 0.15) is 0 Å². The highest BCUT2D eigenvalue weighted by atomic mass is 16.2. The van der Waals surface area contributed by atoms with Crippen LogP contribution in [0.2, 0.25) is 0 Å². The van der Waals surface area contributed by atoms with Crippen LogP contribution in [0.4, 0.5) is 0 Å². The van der Waals surface area contributed by atoms with Crippen LogP contribution in [-0.2, 0) is 0 Å². The van der Waals surface area contributed by atoms with Crippen molar-refractivity contribution in [2.24, 2.45) is 10.2 Å². The van der Waals surface area contributed by atoms with Crippen LogP contribution in [0, 0.1) is 0 Å². The first-order valence-electron chi connectivity index (χ1n) is 8.25. The van der Waals surface area contributed by atoms with E-state index in [9.17, 15) is 9.59 Å². The van der Waals surface area contributed by atoms with Gasteiger partial charge in [-0.3, -0.25) is 9.59 Å². The molecule has 0 saturated heterocycles. The van der Waals surface area contributed by atoms with Gasteiger partial charge in [-0.05, 0) is 51.0 Å². The maximum absolute atomic E-state index is 12.0. The summed E-state index contributed by atoms with van der Waals surface area (Å²) in [5.74, 6) is -0.594. The number of hydrogen-bond donors (Lipinski definition) is 2. The number of nitrogens with one attached hydrogen (secondary N) is 2. The molecular formula is C18H26N4O2. The second-order valence-electron chi connectivity index (χ2n) is 5.65. The fraction of sp³-hybridized carbons (Fsp3) is 0.444. The third-order valence-corrected chi connectivity index (χ3v) is 3.33. The van der Waals surface area contributed by atoms with Gasteiger partial charge in [0.25, 0.3) is 11.8 Å². The van der Waals surface area contributed by atoms with E-state index in [0.717, 1.165) is 37.1 Å². The van der Waals surface area contributed by atoms with Crippen LogP contribution in [0.15, 0.2) is 34.5 Å². The maximum atomic E-state index is 12.0. The van der Waals surface area contributed by atoms with Crippen molar-refractivity contribution in [2.75, 3.05) is 0 Å². The van der Waals surface area contributed by atoms with E-state index in [-0.39, 0.29) is 11.8 Å². The molecule has 2 amide bonds. The smallest absolute Gasteiger partial charge is 0.267 e.